The first-order valence-corrected chi connectivity index (χ1v) is 9.03. The molecule has 5 rings (SSSR count). The van der Waals surface area contributed by atoms with Crippen molar-refractivity contribution in [3.05, 3.63) is 101 Å². The maximum absolute atomic E-state index is 13.8. The van der Waals surface area contributed by atoms with E-state index in [4.69, 9.17) is 5.10 Å². The van der Waals surface area contributed by atoms with Gasteiger partial charge in [-0.1, -0.05) is 30.3 Å². The second-order valence-corrected chi connectivity index (χ2v) is 6.81. The molecule has 2 aromatic heterocycles. The van der Waals surface area contributed by atoms with E-state index >= 15 is 0 Å². The molecule has 0 bridgehead atoms. The lowest BCUT2D eigenvalue weighted by Gasteiger charge is -2.18. The molecular weight excluding hydrogens is 339 g/mol. The van der Waals surface area contributed by atoms with Gasteiger partial charge in [0.25, 0.3) is 0 Å². The largest absolute Gasteiger partial charge is 0.303 e. The van der Waals surface area contributed by atoms with Gasteiger partial charge in [0, 0.05) is 24.0 Å². The molecule has 1 aliphatic heterocycles. The molecule has 0 unspecified atom stereocenters. The Balaban J connectivity index is 1.71. The van der Waals surface area contributed by atoms with Crippen LogP contribution in [-0.4, -0.2) is 14.3 Å². The molecule has 4 aromatic rings. The van der Waals surface area contributed by atoms with Crippen molar-refractivity contribution in [3.8, 4) is 11.5 Å². The van der Waals surface area contributed by atoms with Crippen LogP contribution in [0.4, 0.5) is 4.39 Å². The maximum atomic E-state index is 13.8. The Labute approximate surface area is 156 Å². The monoisotopic (exact) mass is 358 g/mol. The summed E-state index contributed by atoms with van der Waals surface area (Å²) in [6.07, 6.45) is 2.05. The first-order chi connectivity index (χ1) is 13.2. The number of aryl methyl sites for hydroxylation is 1. The van der Waals surface area contributed by atoms with Crippen molar-refractivity contribution in [1.29, 1.82) is 0 Å². The van der Waals surface area contributed by atoms with Gasteiger partial charge < -0.3 is 9.88 Å². The van der Waals surface area contributed by atoms with Gasteiger partial charge >= 0.3 is 0 Å². The smallest absolute Gasteiger partial charge is 0.145 e. The number of halogens is 1. The van der Waals surface area contributed by atoms with Crippen LogP contribution in [0.3, 0.4) is 0 Å². The molecule has 134 valence electrons. The number of nitrogens with zero attached hydrogens (tertiary/aromatic N) is 3. The third kappa shape index (κ3) is 2.59. The maximum Gasteiger partial charge on any atom is 0.145 e. The van der Waals surface area contributed by atoms with Crippen molar-refractivity contribution in [2.24, 2.45) is 0 Å². The van der Waals surface area contributed by atoms with Gasteiger partial charge in [0.2, 0.25) is 0 Å². The highest BCUT2D eigenvalue weighted by Gasteiger charge is 2.27. The summed E-state index contributed by atoms with van der Waals surface area (Å²) >= 11 is 0. The van der Waals surface area contributed by atoms with Crippen LogP contribution in [0.25, 0.3) is 11.5 Å². The Morgan fingerprint density at radius 3 is 2.70 bits per heavy atom. The highest BCUT2D eigenvalue weighted by Crippen LogP contribution is 2.33. The quantitative estimate of drug-likeness (QED) is 0.580. The summed E-state index contributed by atoms with van der Waals surface area (Å²) in [4.78, 5) is 0. The Morgan fingerprint density at radius 2 is 1.89 bits per heavy atom. The van der Waals surface area contributed by atoms with Crippen molar-refractivity contribution in [2.75, 3.05) is 0 Å². The molecule has 1 atom stereocenters. The van der Waals surface area contributed by atoms with Gasteiger partial charge in [-0.2, -0.15) is 5.10 Å². The summed E-state index contributed by atoms with van der Waals surface area (Å²) in [6.45, 7) is 2.70. The third-order valence-electron chi connectivity index (χ3n) is 5.13. The summed E-state index contributed by atoms with van der Waals surface area (Å²) < 4.78 is 18.0. The summed E-state index contributed by atoms with van der Waals surface area (Å²) in [5.41, 5.74) is 5.13. The molecule has 0 spiro atoms. The zero-order chi connectivity index (χ0) is 18.4. The summed E-state index contributed by atoms with van der Waals surface area (Å²) in [7, 11) is 0. The predicted molar refractivity (Wildman–Crippen MR) is 103 cm³/mol. The van der Waals surface area contributed by atoms with Crippen LogP contribution < -0.4 is 5.32 Å². The average molecular weight is 358 g/mol. The van der Waals surface area contributed by atoms with Crippen molar-refractivity contribution < 1.29 is 4.39 Å². The van der Waals surface area contributed by atoms with Gasteiger partial charge in [-0.25, -0.2) is 9.07 Å². The zero-order valence-corrected chi connectivity index (χ0v) is 14.9. The van der Waals surface area contributed by atoms with Crippen LogP contribution in [0.5, 0.6) is 0 Å². The molecule has 0 fully saturated rings. The number of fused-ring (bicyclic) bond motifs is 3. The Bertz CT molecular complexity index is 1110. The van der Waals surface area contributed by atoms with E-state index in [1.165, 1.54) is 6.07 Å². The molecule has 0 radical (unpaired) electrons. The fourth-order valence-electron chi connectivity index (χ4n) is 3.86. The van der Waals surface area contributed by atoms with Crippen LogP contribution in [0, 0.1) is 12.7 Å². The fraction of sp³-hybridized carbons (Fsp3) is 0.136. The first kappa shape index (κ1) is 16.0. The lowest BCUT2D eigenvalue weighted by Crippen LogP contribution is -2.21. The topological polar surface area (TPSA) is 34.8 Å². The van der Waals surface area contributed by atoms with Gasteiger partial charge in [-0.15, -0.1) is 0 Å². The summed E-state index contributed by atoms with van der Waals surface area (Å²) in [5, 5.41) is 8.38. The second kappa shape index (κ2) is 6.21. The van der Waals surface area contributed by atoms with Gasteiger partial charge in [0.1, 0.15) is 11.6 Å². The normalized spacial score (nSPS) is 15.9. The van der Waals surface area contributed by atoms with Crippen molar-refractivity contribution in [1.82, 2.24) is 19.7 Å². The number of rotatable bonds is 2. The second-order valence-electron chi connectivity index (χ2n) is 6.81. The minimum absolute atomic E-state index is 0.0910. The standard InChI is InChI=1S/C22H19FN4/c1-15-19-14-24-21(16-7-5-8-17(23)13-16)20-11-6-12-26(20)22(19)27(25-15)18-9-3-2-4-10-18/h2-13,21,24H,14H2,1H3/t21-/m1/s1. The van der Waals surface area contributed by atoms with E-state index in [0.717, 1.165) is 34.0 Å². The van der Waals surface area contributed by atoms with Crippen LogP contribution in [0.2, 0.25) is 0 Å². The van der Waals surface area contributed by atoms with Crippen molar-refractivity contribution in [2.45, 2.75) is 19.5 Å². The van der Waals surface area contributed by atoms with E-state index in [2.05, 4.69) is 28.1 Å². The van der Waals surface area contributed by atoms with Crippen LogP contribution >= 0.6 is 0 Å². The Morgan fingerprint density at radius 1 is 1.04 bits per heavy atom. The lowest BCUT2D eigenvalue weighted by atomic mass is 10.0. The highest BCUT2D eigenvalue weighted by atomic mass is 19.1. The van der Waals surface area contributed by atoms with E-state index in [9.17, 15) is 4.39 Å². The van der Waals surface area contributed by atoms with E-state index in [-0.39, 0.29) is 11.9 Å². The van der Waals surface area contributed by atoms with Gasteiger partial charge in [0.05, 0.1) is 17.4 Å². The summed E-state index contributed by atoms with van der Waals surface area (Å²) in [6, 6.07) is 20.9. The van der Waals surface area contributed by atoms with Crippen molar-refractivity contribution in [3.63, 3.8) is 0 Å². The summed E-state index contributed by atoms with van der Waals surface area (Å²) in [5.74, 6) is 0.811. The average Bonchev–Trinajstić information content (AvgIpc) is 3.24. The third-order valence-corrected chi connectivity index (χ3v) is 5.13. The molecule has 3 heterocycles. The number of benzene rings is 2. The number of aromatic nitrogens is 3. The fourth-order valence-corrected chi connectivity index (χ4v) is 3.86. The number of nitrogens with one attached hydrogen (secondary N) is 1. The van der Waals surface area contributed by atoms with Crippen LogP contribution in [0.1, 0.15) is 28.6 Å². The van der Waals surface area contributed by atoms with E-state index in [1.54, 1.807) is 12.1 Å². The zero-order valence-electron chi connectivity index (χ0n) is 14.9. The molecule has 0 amide bonds. The highest BCUT2D eigenvalue weighted by molar-refractivity contribution is 5.49. The molecule has 1 aliphatic rings. The first-order valence-electron chi connectivity index (χ1n) is 9.03. The van der Waals surface area contributed by atoms with Crippen molar-refractivity contribution >= 4 is 0 Å². The number of hydrogen-bond acceptors (Lipinski definition) is 2. The Hall–Kier alpha value is -3.18. The van der Waals surface area contributed by atoms with E-state index < -0.39 is 0 Å². The van der Waals surface area contributed by atoms with Gasteiger partial charge in [-0.3, -0.25) is 0 Å². The molecule has 2 aromatic carbocycles. The van der Waals surface area contributed by atoms with Gasteiger partial charge in [-0.05, 0) is 48.9 Å². The minimum atomic E-state index is -0.221. The number of para-hydroxylation sites is 1. The lowest BCUT2D eigenvalue weighted by molar-refractivity contribution is 0.583. The van der Waals surface area contributed by atoms with Crippen LogP contribution in [-0.2, 0) is 6.54 Å². The molecule has 0 saturated carbocycles. The number of hydrogen-bond donors (Lipinski definition) is 1. The van der Waals surface area contributed by atoms with Crippen LogP contribution in [0.15, 0.2) is 72.9 Å². The molecule has 1 N–H and O–H groups in total. The molecule has 0 aliphatic carbocycles. The van der Waals surface area contributed by atoms with E-state index in [1.807, 2.05) is 48.1 Å². The molecule has 0 saturated heterocycles. The van der Waals surface area contributed by atoms with E-state index in [0.29, 0.717) is 6.54 Å². The molecule has 27 heavy (non-hydrogen) atoms. The SMILES string of the molecule is Cc1nn(-c2ccccc2)c2c1CN[C@H](c1cccc(F)c1)c1cccn1-2. The minimum Gasteiger partial charge on any atom is -0.303 e. The molecule has 5 heteroatoms. The Kier molecular flexibility index (Phi) is 3.69. The molecule has 4 nitrogen and oxygen atoms in total. The molecular formula is C22H19FN4. The predicted octanol–water partition coefficient (Wildman–Crippen LogP) is 4.30. The van der Waals surface area contributed by atoms with Gasteiger partial charge in [0.15, 0.2) is 0 Å².